The minimum Gasteiger partial charge on any atom is -0.377 e. The van der Waals surface area contributed by atoms with E-state index in [0.717, 1.165) is 5.56 Å². The minimum atomic E-state index is -0.0519. The fourth-order valence-electron chi connectivity index (χ4n) is 1.84. The number of hydrogen-bond donors (Lipinski definition) is 1. The first-order valence-electron chi connectivity index (χ1n) is 6.34. The zero-order chi connectivity index (χ0) is 13.1. The summed E-state index contributed by atoms with van der Waals surface area (Å²) in [6, 6.07) is 8.49. The van der Waals surface area contributed by atoms with Crippen LogP contribution in [0.2, 0.25) is 0 Å². The van der Waals surface area contributed by atoms with Gasteiger partial charge in [0.05, 0.1) is 12.1 Å². The summed E-state index contributed by atoms with van der Waals surface area (Å²) in [5.74, 6) is 0. The molecule has 2 N–H and O–H groups in total. The van der Waals surface area contributed by atoms with Crippen LogP contribution < -0.4 is 5.73 Å². The Morgan fingerprint density at radius 2 is 1.71 bits per heavy atom. The van der Waals surface area contributed by atoms with Gasteiger partial charge >= 0.3 is 0 Å². The van der Waals surface area contributed by atoms with Crippen molar-refractivity contribution >= 4 is 0 Å². The van der Waals surface area contributed by atoms with Gasteiger partial charge in [0, 0.05) is 6.61 Å². The van der Waals surface area contributed by atoms with Crippen LogP contribution >= 0.6 is 0 Å². The summed E-state index contributed by atoms with van der Waals surface area (Å²) in [6.45, 7) is 11.4. The zero-order valence-electron chi connectivity index (χ0n) is 11.7. The molecular formula is C15H25NO. The van der Waals surface area contributed by atoms with Gasteiger partial charge in [0.1, 0.15) is 0 Å². The molecule has 1 rings (SSSR count). The topological polar surface area (TPSA) is 35.2 Å². The first-order chi connectivity index (χ1) is 7.86. The van der Waals surface area contributed by atoms with E-state index < -0.39 is 0 Å². The quantitative estimate of drug-likeness (QED) is 0.868. The van der Waals surface area contributed by atoms with Crippen LogP contribution in [0.1, 0.15) is 51.8 Å². The molecule has 0 heterocycles. The summed E-state index contributed by atoms with van der Waals surface area (Å²) in [7, 11) is 0. The van der Waals surface area contributed by atoms with Gasteiger partial charge in [-0.25, -0.2) is 0 Å². The summed E-state index contributed by atoms with van der Waals surface area (Å²) in [4.78, 5) is 0. The lowest BCUT2D eigenvalue weighted by atomic mass is 9.86. The number of nitrogens with two attached hydrogens (primary N) is 1. The highest BCUT2D eigenvalue weighted by Gasteiger charge is 2.17. The van der Waals surface area contributed by atoms with Gasteiger partial charge < -0.3 is 10.5 Å². The highest BCUT2D eigenvalue weighted by molar-refractivity contribution is 5.29. The molecule has 0 aliphatic heterocycles. The van der Waals surface area contributed by atoms with Gasteiger partial charge in [-0.15, -0.1) is 0 Å². The predicted octanol–water partition coefficient (Wildman–Crippen LogP) is 3.41. The van der Waals surface area contributed by atoms with Crippen LogP contribution in [0, 0.1) is 0 Å². The van der Waals surface area contributed by atoms with Crippen LogP contribution in [0.4, 0.5) is 0 Å². The molecule has 0 amide bonds. The summed E-state index contributed by atoms with van der Waals surface area (Å²) in [5.41, 5.74) is 8.82. The molecule has 0 aliphatic rings. The second-order valence-electron chi connectivity index (χ2n) is 5.56. The molecule has 0 bridgehead atoms. The van der Waals surface area contributed by atoms with Crippen molar-refractivity contribution in [3.05, 3.63) is 35.4 Å². The Morgan fingerprint density at radius 1 is 1.18 bits per heavy atom. The van der Waals surface area contributed by atoms with E-state index >= 15 is 0 Å². The first kappa shape index (κ1) is 14.2. The van der Waals surface area contributed by atoms with Crippen molar-refractivity contribution in [3.8, 4) is 0 Å². The Labute approximate surface area is 105 Å². The predicted molar refractivity (Wildman–Crippen MR) is 73.2 cm³/mol. The van der Waals surface area contributed by atoms with Crippen molar-refractivity contribution in [2.75, 3.05) is 6.61 Å². The van der Waals surface area contributed by atoms with E-state index in [1.807, 2.05) is 13.8 Å². The molecule has 2 heteroatoms. The van der Waals surface area contributed by atoms with Gasteiger partial charge in [-0.2, -0.15) is 0 Å². The fourth-order valence-corrected chi connectivity index (χ4v) is 1.84. The lowest BCUT2D eigenvalue weighted by Crippen LogP contribution is -2.26. The zero-order valence-corrected chi connectivity index (χ0v) is 11.7. The molecule has 1 aromatic rings. The maximum atomic E-state index is 6.16. The minimum absolute atomic E-state index is 0.0519. The van der Waals surface area contributed by atoms with Gasteiger partial charge in [-0.1, -0.05) is 45.0 Å². The van der Waals surface area contributed by atoms with Crippen molar-refractivity contribution in [3.63, 3.8) is 0 Å². The van der Waals surface area contributed by atoms with E-state index in [1.165, 1.54) is 5.56 Å². The molecular weight excluding hydrogens is 210 g/mol. The van der Waals surface area contributed by atoms with Crippen LogP contribution in [-0.4, -0.2) is 12.7 Å². The number of hydrogen-bond acceptors (Lipinski definition) is 2. The highest BCUT2D eigenvalue weighted by Crippen LogP contribution is 2.24. The third-order valence-corrected chi connectivity index (χ3v) is 3.10. The molecule has 0 aromatic heterocycles. The van der Waals surface area contributed by atoms with Gasteiger partial charge in [-0.3, -0.25) is 0 Å². The van der Waals surface area contributed by atoms with Crippen molar-refractivity contribution in [1.29, 1.82) is 0 Å². The molecule has 2 nitrogen and oxygen atoms in total. The summed E-state index contributed by atoms with van der Waals surface area (Å²) in [5, 5.41) is 0. The van der Waals surface area contributed by atoms with E-state index in [1.54, 1.807) is 0 Å². The van der Waals surface area contributed by atoms with Crippen LogP contribution in [-0.2, 0) is 10.2 Å². The maximum absolute atomic E-state index is 6.16. The van der Waals surface area contributed by atoms with E-state index in [0.29, 0.717) is 6.61 Å². The van der Waals surface area contributed by atoms with E-state index in [4.69, 9.17) is 10.5 Å². The second-order valence-corrected chi connectivity index (χ2v) is 5.56. The van der Waals surface area contributed by atoms with Crippen LogP contribution in [0.3, 0.4) is 0 Å². The fraction of sp³-hybridized carbons (Fsp3) is 0.600. The molecule has 0 spiro atoms. The van der Waals surface area contributed by atoms with Crippen LogP contribution in [0.5, 0.6) is 0 Å². The van der Waals surface area contributed by atoms with Crippen LogP contribution in [0.25, 0.3) is 0 Å². The summed E-state index contributed by atoms with van der Waals surface area (Å²) in [6.07, 6.45) is 0.0560. The number of benzene rings is 1. The molecule has 0 aliphatic carbocycles. The highest BCUT2D eigenvalue weighted by atomic mass is 16.5. The van der Waals surface area contributed by atoms with Crippen molar-refractivity contribution < 1.29 is 4.74 Å². The molecule has 0 radical (unpaired) electrons. The molecule has 2 unspecified atom stereocenters. The Bertz CT molecular complexity index is 337. The first-order valence-corrected chi connectivity index (χ1v) is 6.34. The molecule has 96 valence electrons. The van der Waals surface area contributed by atoms with Crippen LogP contribution in [0.15, 0.2) is 24.3 Å². The average Bonchev–Trinajstić information content (AvgIpc) is 2.27. The van der Waals surface area contributed by atoms with E-state index in [2.05, 4.69) is 45.0 Å². The van der Waals surface area contributed by atoms with Crippen molar-refractivity contribution in [1.82, 2.24) is 0 Å². The van der Waals surface area contributed by atoms with E-state index in [-0.39, 0.29) is 17.6 Å². The van der Waals surface area contributed by atoms with E-state index in [9.17, 15) is 0 Å². The normalized spacial score (nSPS) is 15.6. The standard InChI is InChI=1S/C15H25NO/c1-6-17-11(2)14(16)12-7-9-13(10-8-12)15(3,4)5/h7-11,14H,6,16H2,1-5H3. The van der Waals surface area contributed by atoms with Crippen molar-refractivity contribution in [2.45, 2.75) is 52.2 Å². The largest absolute Gasteiger partial charge is 0.377 e. The Hall–Kier alpha value is -0.860. The summed E-state index contributed by atoms with van der Waals surface area (Å²) >= 11 is 0. The summed E-state index contributed by atoms with van der Waals surface area (Å²) < 4.78 is 5.53. The SMILES string of the molecule is CCOC(C)C(N)c1ccc(C(C)(C)C)cc1. The van der Waals surface area contributed by atoms with Gasteiger partial charge in [0.2, 0.25) is 0 Å². The Morgan fingerprint density at radius 3 is 2.12 bits per heavy atom. The molecule has 17 heavy (non-hydrogen) atoms. The number of ether oxygens (including phenoxy) is 1. The third-order valence-electron chi connectivity index (χ3n) is 3.10. The molecule has 0 saturated carbocycles. The maximum Gasteiger partial charge on any atom is 0.0739 e. The number of rotatable bonds is 4. The molecule has 0 saturated heterocycles. The lowest BCUT2D eigenvalue weighted by molar-refractivity contribution is 0.0574. The monoisotopic (exact) mass is 235 g/mol. The molecule has 0 fully saturated rings. The van der Waals surface area contributed by atoms with Gasteiger partial charge in [-0.05, 0) is 30.4 Å². The average molecular weight is 235 g/mol. The van der Waals surface area contributed by atoms with Crippen molar-refractivity contribution in [2.24, 2.45) is 5.73 Å². The smallest absolute Gasteiger partial charge is 0.0739 e. The van der Waals surface area contributed by atoms with Gasteiger partial charge in [0.15, 0.2) is 0 Å². The second kappa shape index (κ2) is 5.65. The Kier molecular flexibility index (Phi) is 4.72. The van der Waals surface area contributed by atoms with Gasteiger partial charge in [0.25, 0.3) is 0 Å². The third kappa shape index (κ3) is 3.83. The molecule has 2 atom stereocenters. The lowest BCUT2D eigenvalue weighted by Gasteiger charge is -2.23. The molecule has 1 aromatic carbocycles. The Balaban J connectivity index is 2.80.